The van der Waals surface area contributed by atoms with Crippen LogP contribution in [0.4, 0.5) is 5.69 Å². The number of phenols is 1. The third-order valence-electron chi connectivity index (χ3n) is 5.03. The molecule has 0 spiro atoms. The molecular weight excluding hydrogens is 500 g/mol. The lowest BCUT2D eigenvalue weighted by Gasteiger charge is -2.33. The standard InChI is InChI=1S/C25H25ClN6O3S/c1-25(2,3)27-24(35)22(20-8-5-13-36-20)32(18-6-4-7-19(33)14-18)21(34)15-31-29-23(28-30-31)16-9-11-17(26)12-10-16/h4-14,22,33H,15H2,1-3H3,(H,27,35). The molecule has 2 amide bonds. The Labute approximate surface area is 217 Å². The smallest absolute Gasteiger partial charge is 0.251 e. The van der Waals surface area contributed by atoms with Gasteiger partial charge in [0.1, 0.15) is 18.3 Å². The number of amides is 2. The Morgan fingerprint density at radius 1 is 1.14 bits per heavy atom. The van der Waals surface area contributed by atoms with Gasteiger partial charge in [0.2, 0.25) is 11.7 Å². The first-order chi connectivity index (χ1) is 17.1. The Morgan fingerprint density at radius 2 is 1.89 bits per heavy atom. The van der Waals surface area contributed by atoms with Crippen molar-refractivity contribution in [3.63, 3.8) is 0 Å². The van der Waals surface area contributed by atoms with Gasteiger partial charge in [-0.25, -0.2) is 0 Å². The van der Waals surface area contributed by atoms with E-state index in [1.54, 1.807) is 42.5 Å². The lowest BCUT2D eigenvalue weighted by atomic mass is 10.1. The third kappa shape index (κ3) is 6.07. The van der Waals surface area contributed by atoms with Gasteiger partial charge < -0.3 is 10.4 Å². The number of hydrogen-bond acceptors (Lipinski definition) is 7. The van der Waals surface area contributed by atoms with Crippen LogP contribution < -0.4 is 10.2 Å². The minimum absolute atomic E-state index is 0.0321. The van der Waals surface area contributed by atoms with E-state index in [4.69, 9.17) is 11.6 Å². The van der Waals surface area contributed by atoms with Crippen LogP contribution in [0.3, 0.4) is 0 Å². The fraction of sp³-hybridized carbons (Fsp3) is 0.240. The Balaban J connectivity index is 1.70. The van der Waals surface area contributed by atoms with Crippen molar-refractivity contribution in [1.82, 2.24) is 25.5 Å². The van der Waals surface area contributed by atoms with Crippen molar-refractivity contribution < 1.29 is 14.7 Å². The van der Waals surface area contributed by atoms with E-state index in [1.807, 2.05) is 32.2 Å². The molecule has 0 aliphatic carbocycles. The molecule has 0 aliphatic rings. The van der Waals surface area contributed by atoms with Gasteiger partial charge in [-0.15, -0.1) is 21.5 Å². The molecule has 2 aromatic carbocycles. The molecule has 0 fully saturated rings. The highest BCUT2D eigenvalue weighted by molar-refractivity contribution is 7.10. The van der Waals surface area contributed by atoms with Crippen molar-refractivity contribution in [2.75, 3.05) is 4.90 Å². The molecule has 0 aliphatic heterocycles. The molecule has 4 rings (SSSR count). The number of aromatic nitrogens is 4. The first kappa shape index (κ1) is 25.3. The molecule has 1 unspecified atom stereocenters. The van der Waals surface area contributed by atoms with Gasteiger partial charge in [0, 0.05) is 32.8 Å². The van der Waals surface area contributed by atoms with Gasteiger partial charge in [-0.3, -0.25) is 14.5 Å². The summed E-state index contributed by atoms with van der Waals surface area (Å²) >= 11 is 7.31. The van der Waals surface area contributed by atoms with Gasteiger partial charge in [0.05, 0.1) is 0 Å². The van der Waals surface area contributed by atoms with Crippen molar-refractivity contribution in [1.29, 1.82) is 0 Å². The number of carbonyl (C=O) groups is 2. The second-order valence-electron chi connectivity index (χ2n) is 9.09. The molecular formula is C25H25ClN6O3S. The monoisotopic (exact) mass is 524 g/mol. The summed E-state index contributed by atoms with van der Waals surface area (Å²) in [6, 6.07) is 15.8. The number of nitrogens with zero attached hydrogens (tertiary/aromatic N) is 5. The quantitative estimate of drug-likeness (QED) is 0.369. The maximum absolute atomic E-state index is 13.7. The van der Waals surface area contributed by atoms with Gasteiger partial charge in [0.15, 0.2) is 0 Å². The van der Waals surface area contributed by atoms with E-state index < -0.39 is 17.5 Å². The molecule has 1 atom stereocenters. The molecule has 11 heteroatoms. The second-order valence-corrected chi connectivity index (χ2v) is 10.5. The van der Waals surface area contributed by atoms with Crippen LogP contribution in [-0.2, 0) is 16.1 Å². The highest BCUT2D eigenvalue weighted by Crippen LogP contribution is 2.33. The highest BCUT2D eigenvalue weighted by atomic mass is 35.5. The van der Waals surface area contributed by atoms with Crippen LogP contribution in [-0.4, -0.2) is 42.7 Å². The lowest BCUT2D eigenvalue weighted by molar-refractivity contribution is -0.128. The highest BCUT2D eigenvalue weighted by Gasteiger charge is 2.35. The number of tetrazole rings is 1. The number of carbonyl (C=O) groups excluding carboxylic acids is 2. The van der Waals surface area contributed by atoms with E-state index in [9.17, 15) is 14.7 Å². The molecule has 0 saturated heterocycles. The molecule has 0 saturated carbocycles. The Morgan fingerprint density at radius 3 is 2.53 bits per heavy atom. The number of hydrogen-bond donors (Lipinski definition) is 2. The maximum Gasteiger partial charge on any atom is 0.251 e. The van der Waals surface area contributed by atoms with Gasteiger partial charge in [-0.2, -0.15) is 4.80 Å². The number of anilines is 1. The van der Waals surface area contributed by atoms with Gasteiger partial charge in [-0.05, 0) is 73.8 Å². The Hall–Kier alpha value is -3.76. The fourth-order valence-corrected chi connectivity index (χ4v) is 4.50. The van der Waals surface area contributed by atoms with E-state index in [2.05, 4.69) is 20.7 Å². The van der Waals surface area contributed by atoms with Gasteiger partial charge in [-0.1, -0.05) is 23.7 Å². The van der Waals surface area contributed by atoms with Crippen LogP contribution in [0.25, 0.3) is 11.4 Å². The number of rotatable bonds is 7. The van der Waals surface area contributed by atoms with Crippen molar-refractivity contribution in [3.05, 3.63) is 75.9 Å². The molecule has 2 heterocycles. The van der Waals surface area contributed by atoms with Crippen molar-refractivity contribution >= 4 is 40.4 Å². The predicted octanol–water partition coefficient (Wildman–Crippen LogP) is 4.45. The van der Waals surface area contributed by atoms with Crippen LogP contribution in [0.15, 0.2) is 66.0 Å². The molecule has 36 heavy (non-hydrogen) atoms. The van der Waals surface area contributed by atoms with Crippen LogP contribution in [0, 0.1) is 0 Å². The van der Waals surface area contributed by atoms with E-state index in [0.717, 1.165) is 0 Å². The number of halogens is 1. The molecule has 9 nitrogen and oxygen atoms in total. The number of nitrogens with one attached hydrogen (secondary N) is 1. The molecule has 0 bridgehead atoms. The summed E-state index contributed by atoms with van der Waals surface area (Å²) in [6.07, 6.45) is 0. The SMILES string of the molecule is CC(C)(C)NC(=O)C(c1cccs1)N(C(=O)Cn1nnc(-c2ccc(Cl)cc2)n1)c1cccc(O)c1. The molecule has 2 N–H and O–H groups in total. The first-order valence-corrected chi connectivity index (χ1v) is 12.4. The fourth-order valence-electron chi connectivity index (χ4n) is 3.56. The molecule has 4 aromatic rings. The largest absolute Gasteiger partial charge is 0.508 e. The van der Waals surface area contributed by atoms with Gasteiger partial charge >= 0.3 is 0 Å². The van der Waals surface area contributed by atoms with E-state index in [1.165, 1.54) is 33.2 Å². The average molecular weight is 525 g/mol. The Kier molecular flexibility index (Phi) is 7.37. The molecule has 186 valence electrons. The van der Waals surface area contributed by atoms with Crippen molar-refractivity contribution in [3.8, 4) is 17.1 Å². The van der Waals surface area contributed by atoms with Crippen molar-refractivity contribution in [2.45, 2.75) is 38.9 Å². The lowest BCUT2D eigenvalue weighted by Crippen LogP contribution is -2.50. The van der Waals surface area contributed by atoms with Gasteiger partial charge in [0.25, 0.3) is 5.91 Å². The summed E-state index contributed by atoms with van der Waals surface area (Å²) in [5.74, 6) is -0.503. The van der Waals surface area contributed by atoms with Crippen LogP contribution in [0.2, 0.25) is 5.02 Å². The molecule has 2 aromatic heterocycles. The first-order valence-electron chi connectivity index (χ1n) is 11.1. The summed E-state index contributed by atoms with van der Waals surface area (Å²) in [5.41, 5.74) is 0.533. The normalized spacial score (nSPS) is 12.2. The topological polar surface area (TPSA) is 113 Å². The number of benzene rings is 2. The van der Waals surface area contributed by atoms with E-state index >= 15 is 0 Å². The zero-order valence-electron chi connectivity index (χ0n) is 19.9. The van der Waals surface area contributed by atoms with E-state index in [0.29, 0.717) is 27.0 Å². The molecule has 0 radical (unpaired) electrons. The summed E-state index contributed by atoms with van der Waals surface area (Å²) in [4.78, 5) is 30.5. The van der Waals surface area contributed by atoms with Crippen LogP contribution in [0.5, 0.6) is 5.75 Å². The predicted molar refractivity (Wildman–Crippen MR) is 139 cm³/mol. The maximum atomic E-state index is 13.7. The summed E-state index contributed by atoms with van der Waals surface area (Å²) in [5, 5.41) is 27.9. The zero-order chi connectivity index (χ0) is 25.9. The summed E-state index contributed by atoms with van der Waals surface area (Å²) in [7, 11) is 0. The second kappa shape index (κ2) is 10.5. The number of thiophene rings is 1. The summed E-state index contributed by atoms with van der Waals surface area (Å²) < 4.78 is 0. The Bertz CT molecular complexity index is 1350. The number of aromatic hydroxyl groups is 1. The average Bonchev–Trinajstić information content (AvgIpc) is 3.49. The van der Waals surface area contributed by atoms with Crippen LogP contribution in [0.1, 0.15) is 31.7 Å². The van der Waals surface area contributed by atoms with Crippen LogP contribution >= 0.6 is 22.9 Å². The zero-order valence-corrected chi connectivity index (χ0v) is 21.5. The minimum Gasteiger partial charge on any atom is -0.508 e. The van der Waals surface area contributed by atoms with E-state index in [-0.39, 0.29) is 18.2 Å². The number of phenolic OH excluding ortho intramolecular Hbond substituents is 1. The van der Waals surface area contributed by atoms with Crippen molar-refractivity contribution in [2.24, 2.45) is 0 Å². The minimum atomic E-state index is -0.974. The summed E-state index contributed by atoms with van der Waals surface area (Å²) in [6.45, 7) is 5.33. The third-order valence-corrected chi connectivity index (χ3v) is 6.20.